The molecule has 0 fully saturated rings. The summed E-state index contributed by atoms with van der Waals surface area (Å²) in [6.07, 6.45) is 0. The van der Waals surface area contributed by atoms with Crippen LogP contribution in [-0.4, -0.2) is 40.1 Å². The third kappa shape index (κ3) is 6.42. The van der Waals surface area contributed by atoms with E-state index in [2.05, 4.69) is 29.0 Å². The zero-order valence-corrected chi connectivity index (χ0v) is 17.6. The van der Waals surface area contributed by atoms with Gasteiger partial charge in [-0.15, -0.1) is 0 Å². The number of nitrogens with one attached hydrogen (secondary N) is 2. The van der Waals surface area contributed by atoms with Crippen LogP contribution in [0, 0.1) is 23.7 Å². The molecule has 9 nitrogen and oxygen atoms in total. The van der Waals surface area contributed by atoms with Crippen LogP contribution in [0.4, 0.5) is 0 Å². The molecular weight excluding hydrogens is 410 g/mol. The summed E-state index contributed by atoms with van der Waals surface area (Å²) >= 11 is 0. The van der Waals surface area contributed by atoms with E-state index in [-0.39, 0.29) is 11.5 Å². The Balaban J connectivity index is 2.01. The molecule has 3 amide bonds. The molecule has 0 heterocycles. The second-order valence-corrected chi connectivity index (χ2v) is 6.84. The highest BCUT2D eigenvalue weighted by atomic mass is 16.5. The summed E-state index contributed by atoms with van der Waals surface area (Å²) in [5, 5.41) is 12.1. The van der Waals surface area contributed by atoms with E-state index < -0.39 is 17.5 Å². The van der Waals surface area contributed by atoms with Gasteiger partial charge in [-0.1, -0.05) is 11.8 Å². The van der Waals surface area contributed by atoms with Crippen molar-refractivity contribution in [1.82, 2.24) is 15.8 Å². The number of carbonyl (C=O) groups is 3. The fraction of sp³-hybridized carbons (Fsp3) is 0.174. The van der Waals surface area contributed by atoms with Crippen molar-refractivity contribution in [2.45, 2.75) is 19.5 Å². The molecule has 164 valence electrons. The van der Waals surface area contributed by atoms with Crippen molar-refractivity contribution >= 4 is 17.7 Å². The molecule has 1 unspecified atom stereocenters. The quantitative estimate of drug-likeness (QED) is 0.115. The lowest BCUT2D eigenvalue weighted by atomic mass is 10.1. The molecule has 1 atom stereocenters. The van der Waals surface area contributed by atoms with Gasteiger partial charge < -0.3 is 11.1 Å². The molecule has 0 bridgehead atoms. The number of hydrogen-bond acceptors (Lipinski definition) is 6. The predicted octanol–water partition coefficient (Wildman–Crippen LogP) is 0.336. The average Bonchev–Trinajstić information content (AvgIpc) is 2.80. The smallest absolute Gasteiger partial charge is 0.283 e. The summed E-state index contributed by atoms with van der Waals surface area (Å²) in [4.78, 5) is 35.6. The van der Waals surface area contributed by atoms with Crippen molar-refractivity contribution in [3.63, 3.8) is 0 Å². The first-order chi connectivity index (χ1) is 15.2. The lowest BCUT2D eigenvalue weighted by Gasteiger charge is -2.23. The number of nitrogens with two attached hydrogens (primary N) is 2. The highest BCUT2D eigenvalue weighted by Crippen LogP contribution is 2.06. The largest absolute Gasteiger partial charge is 0.326 e. The van der Waals surface area contributed by atoms with Gasteiger partial charge in [0.2, 0.25) is 0 Å². The van der Waals surface area contributed by atoms with Gasteiger partial charge in [0.25, 0.3) is 17.7 Å². The topological polar surface area (TPSA) is 151 Å². The molecule has 32 heavy (non-hydrogen) atoms. The Kier molecular flexibility index (Phi) is 8.11. The highest BCUT2D eigenvalue weighted by molar-refractivity contribution is 5.98. The molecule has 0 radical (unpaired) electrons. The molecule has 0 saturated carbocycles. The molecule has 0 aliphatic carbocycles. The van der Waals surface area contributed by atoms with Gasteiger partial charge in [-0.2, -0.15) is 0 Å². The summed E-state index contributed by atoms with van der Waals surface area (Å²) in [7, 11) is 0. The van der Waals surface area contributed by atoms with Crippen molar-refractivity contribution < 1.29 is 19.6 Å². The molecule has 2 aromatic carbocycles. The molecule has 7 N–H and O–H groups in total. The van der Waals surface area contributed by atoms with Crippen LogP contribution in [0.3, 0.4) is 0 Å². The lowest BCUT2D eigenvalue weighted by molar-refractivity contribution is -0.135. The molecular formula is C23H23N5O4. The second-order valence-electron chi connectivity index (χ2n) is 6.84. The van der Waals surface area contributed by atoms with Gasteiger partial charge in [-0.05, 0) is 74.2 Å². The molecule has 0 aliphatic heterocycles. The number of rotatable bonds is 5. The van der Waals surface area contributed by atoms with Gasteiger partial charge >= 0.3 is 0 Å². The Hall–Kier alpha value is -4.15. The SMILES string of the molecule is CCN(N)C(=O)c1ccc(C#CC#Cc2ccc(C(=O)NC(C)(N)C(=O)NO)cc2)cc1. The van der Waals surface area contributed by atoms with Crippen LogP contribution >= 0.6 is 0 Å². The number of nitrogens with zero attached hydrogens (tertiary/aromatic N) is 1. The number of benzene rings is 2. The highest BCUT2D eigenvalue weighted by Gasteiger charge is 2.30. The molecule has 0 saturated heterocycles. The number of amides is 3. The third-order valence-electron chi connectivity index (χ3n) is 4.30. The third-order valence-corrected chi connectivity index (χ3v) is 4.30. The van der Waals surface area contributed by atoms with Crippen LogP contribution in [0.15, 0.2) is 48.5 Å². The maximum absolute atomic E-state index is 12.2. The van der Waals surface area contributed by atoms with Gasteiger partial charge in [0.1, 0.15) is 0 Å². The number of hydroxylamine groups is 1. The van der Waals surface area contributed by atoms with E-state index in [1.165, 1.54) is 24.5 Å². The van der Waals surface area contributed by atoms with Crippen LogP contribution < -0.4 is 22.4 Å². The summed E-state index contributed by atoms with van der Waals surface area (Å²) in [5.41, 5.74) is 7.32. The zero-order chi connectivity index (χ0) is 23.7. The van der Waals surface area contributed by atoms with Crippen LogP contribution in [0.2, 0.25) is 0 Å². The summed E-state index contributed by atoms with van der Waals surface area (Å²) < 4.78 is 0. The van der Waals surface area contributed by atoms with E-state index in [0.717, 1.165) is 5.01 Å². The summed E-state index contributed by atoms with van der Waals surface area (Å²) in [5.74, 6) is 15.0. The first kappa shape index (κ1) is 24.1. The van der Waals surface area contributed by atoms with Crippen molar-refractivity contribution in [3.05, 3.63) is 70.8 Å². The Morgan fingerprint density at radius 1 is 0.969 bits per heavy atom. The molecule has 9 heteroatoms. The van der Waals surface area contributed by atoms with Crippen molar-refractivity contribution in [2.75, 3.05) is 6.54 Å². The Morgan fingerprint density at radius 3 is 1.88 bits per heavy atom. The van der Waals surface area contributed by atoms with Crippen molar-refractivity contribution in [1.29, 1.82) is 0 Å². The van der Waals surface area contributed by atoms with E-state index in [4.69, 9.17) is 16.8 Å². The number of hydrogen-bond donors (Lipinski definition) is 5. The molecule has 0 aliphatic rings. The van der Waals surface area contributed by atoms with E-state index in [9.17, 15) is 14.4 Å². The normalized spacial score (nSPS) is 11.5. The van der Waals surface area contributed by atoms with Crippen LogP contribution in [0.25, 0.3) is 0 Å². The Bertz CT molecular complexity index is 1120. The predicted molar refractivity (Wildman–Crippen MR) is 118 cm³/mol. The fourth-order valence-corrected chi connectivity index (χ4v) is 2.40. The van der Waals surface area contributed by atoms with E-state index in [1.54, 1.807) is 43.3 Å². The summed E-state index contributed by atoms with van der Waals surface area (Å²) in [6, 6.07) is 13.0. The van der Waals surface area contributed by atoms with E-state index >= 15 is 0 Å². The van der Waals surface area contributed by atoms with E-state index in [1.807, 2.05) is 0 Å². The van der Waals surface area contributed by atoms with Crippen LogP contribution in [-0.2, 0) is 4.79 Å². The number of hydrazine groups is 1. The minimum atomic E-state index is -1.77. The molecule has 0 aromatic heterocycles. The van der Waals surface area contributed by atoms with Gasteiger partial charge in [-0.3, -0.25) is 24.6 Å². The zero-order valence-electron chi connectivity index (χ0n) is 17.6. The first-order valence-corrected chi connectivity index (χ1v) is 9.52. The first-order valence-electron chi connectivity index (χ1n) is 9.52. The second kappa shape index (κ2) is 10.8. The maximum Gasteiger partial charge on any atom is 0.283 e. The average molecular weight is 433 g/mol. The maximum atomic E-state index is 12.2. The minimum absolute atomic E-state index is 0.262. The van der Waals surface area contributed by atoms with Crippen molar-refractivity contribution in [2.24, 2.45) is 11.6 Å². The number of carbonyl (C=O) groups excluding carboxylic acids is 3. The van der Waals surface area contributed by atoms with Gasteiger partial charge in [0.05, 0.1) is 0 Å². The van der Waals surface area contributed by atoms with Gasteiger partial charge in [0, 0.05) is 28.8 Å². The van der Waals surface area contributed by atoms with Crippen LogP contribution in [0.5, 0.6) is 0 Å². The minimum Gasteiger partial charge on any atom is -0.326 e. The summed E-state index contributed by atoms with van der Waals surface area (Å²) in [6.45, 7) is 3.45. The molecule has 2 aromatic rings. The monoisotopic (exact) mass is 433 g/mol. The fourth-order valence-electron chi connectivity index (χ4n) is 2.40. The van der Waals surface area contributed by atoms with Gasteiger partial charge in [0.15, 0.2) is 5.66 Å². The lowest BCUT2D eigenvalue weighted by Crippen LogP contribution is -2.62. The van der Waals surface area contributed by atoms with Crippen molar-refractivity contribution in [3.8, 4) is 23.7 Å². The van der Waals surface area contributed by atoms with Crippen LogP contribution in [0.1, 0.15) is 45.7 Å². The van der Waals surface area contributed by atoms with Gasteiger partial charge in [-0.25, -0.2) is 11.3 Å². The Morgan fingerprint density at radius 2 is 1.44 bits per heavy atom. The standard InChI is InChI=1S/C23H23N5O4/c1-3-28(25)21(30)19-14-10-17(11-15-19)7-5-4-6-16-8-12-18(13-9-16)20(29)26-23(2,24)22(31)27-32/h8-15,32H,3,24-25H2,1-2H3,(H,26,29)(H,27,31). The van der Waals surface area contributed by atoms with E-state index in [0.29, 0.717) is 23.2 Å². The molecule has 0 spiro atoms. The molecule has 2 rings (SSSR count). The Labute approximate surface area is 185 Å².